The van der Waals surface area contributed by atoms with Gasteiger partial charge < -0.3 is 14.6 Å². The third kappa shape index (κ3) is 40.5. The average Bonchev–Trinajstić information content (AvgIpc) is 3.12. The van der Waals surface area contributed by atoms with Gasteiger partial charge in [-0.05, 0) is 57.8 Å². The highest BCUT2D eigenvalue weighted by Gasteiger charge is 2.13. The van der Waals surface area contributed by atoms with Crippen LogP contribution < -0.4 is 0 Å². The van der Waals surface area contributed by atoms with Gasteiger partial charge in [0, 0.05) is 13.0 Å². The van der Waals surface area contributed by atoms with Crippen molar-refractivity contribution < 1.29 is 19.4 Å². The summed E-state index contributed by atoms with van der Waals surface area (Å²) in [6.07, 6.45) is 57.1. The summed E-state index contributed by atoms with van der Waals surface area (Å²) in [7, 11) is 0. The van der Waals surface area contributed by atoms with Gasteiger partial charge in [0.1, 0.15) is 6.10 Å². The highest BCUT2D eigenvalue weighted by molar-refractivity contribution is 5.69. The van der Waals surface area contributed by atoms with E-state index in [1.54, 1.807) is 0 Å². The zero-order chi connectivity index (χ0) is 36.3. The number of unbranched alkanes of at least 4 members (excludes halogenated alkanes) is 21. The van der Waals surface area contributed by atoms with Gasteiger partial charge in [0.05, 0.1) is 13.2 Å². The number of ether oxygens (including phenoxy) is 2. The smallest absolute Gasteiger partial charge is 0.306 e. The van der Waals surface area contributed by atoms with Crippen LogP contribution in [0.1, 0.15) is 200 Å². The molecule has 1 unspecified atom stereocenters. The van der Waals surface area contributed by atoms with E-state index in [1.807, 2.05) is 0 Å². The van der Waals surface area contributed by atoms with Crippen molar-refractivity contribution in [1.29, 1.82) is 0 Å². The van der Waals surface area contributed by atoms with Crippen molar-refractivity contribution in [2.75, 3.05) is 19.8 Å². The van der Waals surface area contributed by atoms with Crippen molar-refractivity contribution in [2.24, 2.45) is 0 Å². The number of aliphatic hydroxyl groups excluding tert-OH is 1. The molecule has 0 aliphatic carbocycles. The first-order chi connectivity index (χ1) is 24.7. The fraction of sp³-hybridized carbons (Fsp3) is 0.761. The molecule has 0 spiro atoms. The predicted octanol–water partition coefficient (Wildman–Crippen LogP) is 14.0. The van der Waals surface area contributed by atoms with Crippen LogP contribution >= 0.6 is 0 Å². The first-order valence-electron chi connectivity index (χ1n) is 21.4. The van der Waals surface area contributed by atoms with Crippen LogP contribution in [0.15, 0.2) is 60.8 Å². The van der Waals surface area contributed by atoms with E-state index in [-0.39, 0.29) is 19.2 Å². The van der Waals surface area contributed by atoms with E-state index in [9.17, 15) is 9.90 Å². The summed E-state index contributed by atoms with van der Waals surface area (Å²) in [6, 6.07) is 0. The fourth-order valence-corrected chi connectivity index (χ4v) is 5.94. The van der Waals surface area contributed by atoms with E-state index in [0.717, 1.165) is 64.2 Å². The number of carbonyl (C=O) groups excluding carboxylic acids is 1. The number of hydrogen-bond acceptors (Lipinski definition) is 4. The molecule has 4 heteroatoms. The van der Waals surface area contributed by atoms with Gasteiger partial charge in [-0.1, -0.05) is 197 Å². The second kappa shape index (κ2) is 43.3. The average molecular weight is 699 g/mol. The van der Waals surface area contributed by atoms with Crippen molar-refractivity contribution >= 4 is 5.97 Å². The van der Waals surface area contributed by atoms with Crippen LogP contribution in [0.5, 0.6) is 0 Å². The minimum atomic E-state index is -0.548. The van der Waals surface area contributed by atoms with Crippen molar-refractivity contribution in [1.82, 2.24) is 0 Å². The Morgan fingerprint density at radius 1 is 0.500 bits per heavy atom. The minimum absolute atomic E-state index is 0.182. The Kier molecular flexibility index (Phi) is 41.6. The van der Waals surface area contributed by atoms with Crippen LogP contribution in [-0.2, 0) is 14.3 Å². The van der Waals surface area contributed by atoms with E-state index in [1.165, 1.54) is 116 Å². The maximum atomic E-state index is 12.2. The molecule has 0 aromatic heterocycles. The second-order valence-corrected chi connectivity index (χ2v) is 14.0. The van der Waals surface area contributed by atoms with Crippen LogP contribution in [0.25, 0.3) is 0 Å². The molecule has 0 fully saturated rings. The molecule has 0 bridgehead atoms. The molecule has 0 saturated heterocycles. The molecule has 4 nitrogen and oxygen atoms in total. The summed E-state index contributed by atoms with van der Waals surface area (Å²) in [5.74, 6) is -0.209. The lowest BCUT2D eigenvalue weighted by Gasteiger charge is -2.15. The largest absolute Gasteiger partial charge is 0.457 e. The van der Waals surface area contributed by atoms with Crippen LogP contribution in [0, 0.1) is 0 Å². The molecule has 50 heavy (non-hydrogen) atoms. The number of rotatable bonds is 39. The number of esters is 1. The fourth-order valence-electron chi connectivity index (χ4n) is 5.94. The van der Waals surface area contributed by atoms with E-state index >= 15 is 0 Å². The zero-order valence-corrected chi connectivity index (χ0v) is 33.2. The quantitative estimate of drug-likeness (QED) is 0.0394. The molecule has 0 aliphatic rings. The maximum absolute atomic E-state index is 12.2. The predicted molar refractivity (Wildman–Crippen MR) is 219 cm³/mol. The van der Waals surface area contributed by atoms with E-state index in [4.69, 9.17) is 9.47 Å². The molecule has 0 heterocycles. The van der Waals surface area contributed by atoms with Crippen molar-refractivity contribution in [3.63, 3.8) is 0 Å². The Morgan fingerprint density at radius 3 is 1.36 bits per heavy atom. The van der Waals surface area contributed by atoms with Gasteiger partial charge in [0.25, 0.3) is 0 Å². The summed E-state index contributed by atoms with van der Waals surface area (Å²) in [5.41, 5.74) is 0. The molecule has 0 rings (SSSR count). The lowest BCUT2D eigenvalue weighted by Crippen LogP contribution is -2.27. The molecule has 0 saturated carbocycles. The summed E-state index contributed by atoms with van der Waals surface area (Å²) < 4.78 is 11.1. The van der Waals surface area contributed by atoms with Crippen molar-refractivity contribution in [3.05, 3.63) is 60.8 Å². The lowest BCUT2D eigenvalue weighted by atomic mass is 10.0. The Morgan fingerprint density at radius 2 is 0.900 bits per heavy atom. The van der Waals surface area contributed by atoms with Crippen molar-refractivity contribution in [2.45, 2.75) is 206 Å². The van der Waals surface area contributed by atoms with Gasteiger partial charge in [0.15, 0.2) is 0 Å². The third-order valence-electron chi connectivity index (χ3n) is 9.11. The Bertz CT molecular complexity index is 824. The van der Waals surface area contributed by atoms with Crippen LogP contribution in [0.3, 0.4) is 0 Å². The molecule has 0 aliphatic heterocycles. The number of carbonyl (C=O) groups is 1. The summed E-state index contributed by atoms with van der Waals surface area (Å²) in [4.78, 5) is 12.2. The monoisotopic (exact) mass is 699 g/mol. The van der Waals surface area contributed by atoms with Gasteiger partial charge in [0.2, 0.25) is 0 Å². The molecule has 290 valence electrons. The molecule has 0 radical (unpaired) electrons. The molecule has 1 N–H and O–H groups in total. The first-order valence-corrected chi connectivity index (χ1v) is 21.4. The Hall–Kier alpha value is -1.91. The SMILES string of the molecule is CC/C=C\C/C=C\C/C=C\C/C=C\C/C=C\CCCCCCOCC(CO)OC(=O)CCCCCCCCCCCCCCCCCCCC. The third-order valence-corrected chi connectivity index (χ3v) is 9.11. The van der Waals surface area contributed by atoms with E-state index in [2.05, 4.69) is 74.6 Å². The molecule has 1 atom stereocenters. The second-order valence-electron chi connectivity index (χ2n) is 14.0. The Balaban J connectivity index is 3.49. The standard InChI is InChI=1S/C46H82O4/c1-3-5-7-9-11-13-15-17-19-21-23-24-26-28-30-32-34-36-38-40-42-49-44-45(43-47)50-46(48)41-39-37-35-33-31-29-27-25-22-20-18-16-14-12-10-8-6-4-2/h5,7,11,13,17,19,23-24,28,30,45,47H,3-4,6,8-10,12,14-16,18,20-22,25-27,29,31-44H2,1-2H3/b7-5-,13-11-,19-17-,24-23-,30-28-. The van der Waals surface area contributed by atoms with E-state index < -0.39 is 6.10 Å². The normalized spacial score (nSPS) is 12.9. The van der Waals surface area contributed by atoms with Gasteiger partial charge in [-0.3, -0.25) is 4.79 Å². The van der Waals surface area contributed by atoms with E-state index in [0.29, 0.717) is 13.0 Å². The van der Waals surface area contributed by atoms with Gasteiger partial charge in [-0.2, -0.15) is 0 Å². The topological polar surface area (TPSA) is 55.8 Å². The molecule has 0 aromatic carbocycles. The van der Waals surface area contributed by atoms with Gasteiger partial charge in [-0.25, -0.2) is 0 Å². The lowest BCUT2D eigenvalue weighted by molar-refractivity contribution is -0.154. The summed E-state index contributed by atoms with van der Waals surface area (Å²) >= 11 is 0. The summed E-state index contributed by atoms with van der Waals surface area (Å²) in [6.45, 7) is 5.19. The van der Waals surface area contributed by atoms with Crippen LogP contribution in [0.2, 0.25) is 0 Å². The van der Waals surface area contributed by atoms with Crippen LogP contribution in [-0.4, -0.2) is 37.0 Å². The first kappa shape index (κ1) is 48.1. The molecular formula is C46H82O4. The minimum Gasteiger partial charge on any atom is -0.457 e. The number of hydrogen-bond donors (Lipinski definition) is 1. The zero-order valence-electron chi connectivity index (χ0n) is 33.2. The Labute approximate surface area is 311 Å². The number of aliphatic hydroxyl groups is 1. The molecule has 0 amide bonds. The highest BCUT2D eigenvalue weighted by Crippen LogP contribution is 2.15. The van der Waals surface area contributed by atoms with Gasteiger partial charge >= 0.3 is 5.97 Å². The van der Waals surface area contributed by atoms with Crippen molar-refractivity contribution in [3.8, 4) is 0 Å². The number of allylic oxidation sites excluding steroid dienone is 10. The summed E-state index contributed by atoms with van der Waals surface area (Å²) in [5, 5.41) is 9.60. The molecule has 0 aromatic rings. The maximum Gasteiger partial charge on any atom is 0.306 e. The molecular weight excluding hydrogens is 617 g/mol. The highest BCUT2D eigenvalue weighted by atomic mass is 16.6. The van der Waals surface area contributed by atoms with Crippen LogP contribution in [0.4, 0.5) is 0 Å². The van der Waals surface area contributed by atoms with Gasteiger partial charge in [-0.15, -0.1) is 0 Å².